The van der Waals surface area contributed by atoms with Crippen LogP contribution in [0.15, 0.2) is 83.8 Å². The Morgan fingerprint density at radius 2 is 1.55 bits per heavy atom. The fourth-order valence-electron chi connectivity index (χ4n) is 2.73. The molecule has 0 heterocycles. The van der Waals surface area contributed by atoms with E-state index in [2.05, 4.69) is 5.32 Å². The molecule has 0 atom stereocenters. The van der Waals surface area contributed by atoms with E-state index < -0.39 is 21.8 Å². The summed E-state index contributed by atoms with van der Waals surface area (Å²) < 4.78 is 27.0. The maximum atomic E-state index is 12.9. The number of nitrogens with one attached hydrogen (secondary N) is 1. The lowest BCUT2D eigenvalue weighted by Gasteiger charge is -2.19. The first-order chi connectivity index (χ1) is 13.8. The maximum Gasteiger partial charge on any atom is 0.264 e. The van der Waals surface area contributed by atoms with Crippen LogP contribution in [0.3, 0.4) is 0 Å². The second-order valence-corrected chi connectivity index (χ2v) is 8.17. The van der Waals surface area contributed by atoms with Crippen LogP contribution >= 0.6 is 0 Å². The van der Waals surface area contributed by atoms with Crippen LogP contribution in [0.4, 0.5) is 11.4 Å². The molecule has 0 bridgehead atoms. The smallest absolute Gasteiger partial charge is 0.264 e. The zero-order valence-electron chi connectivity index (χ0n) is 15.6. The summed E-state index contributed by atoms with van der Waals surface area (Å²) >= 11 is 0. The molecule has 0 radical (unpaired) electrons. The first kappa shape index (κ1) is 20.1. The number of primary amides is 1. The lowest BCUT2D eigenvalue weighted by Crippen LogP contribution is -2.26. The predicted octanol–water partition coefficient (Wildman–Crippen LogP) is 2.86. The molecule has 3 aromatic rings. The van der Waals surface area contributed by atoms with Gasteiger partial charge in [-0.2, -0.15) is 0 Å². The standard InChI is InChI=1S/C21H19N3O4S/c1-24(16-9-3-2-4-10-16)29(27,28)17-11-7-8-15(14-17)21(26)23-19-13-6-5-12-18(19)20(22)25/h2-14H,1H3,(H2,22,25)(H,23,26). The van der Waals surface area contributed by atoms with Crippen molar-refractivity contribution in [3.8, 4) is 0 Å². The number of rotatable bonds is 6. The molecule has 0 spiro atoms. The summed E-state index contributed by atoms with van der Waals surface area (Å²) in [6.07, 6.45) is 0. The highest BCUT2D eigenvalue weighted by Crippen LogP contribution is 2.23. The Labute approximate surface area is 168 Å². The van der Waals surface area contributed by atoms with Gasteiger partial charge >= 0.3 is 0 Å². The van der Waals surface area contributed by atoms with Crippen molar-refractivity contribution in [2.45, 2.75) is 4.90 Å². The van der Waals surface area contributed by atoms with Crippen molar-refractivity contribution in [2.75, 3.05) is 16.7 Å². The van der Waals surface area contributed by atoms with Gasteiger partial charge in [0.15, 0.2) is 0 Å². The van der Waals surface area contributed by atoms with Crippen molar-refractivity contribution >= 4 is 33.2 Å². The summed E-state index contributed by atoms with van der Waals surface area (Å²) in [6, 6.07) is 20.6. The number of carbonyl (C=O) groups excluding carboxylic acids is 2. The third kappa shape index (κ3) is 4.27. The van der Waals surface area contributed by atoms with Gasteiger partial charge in [-0.15, -0.1) is 0 Å². The molecule has 148 valence electrons. The third-order valence-corrected chi connectivity index (χ3v) is 6.10. The highest BCUT2D eigenvalue weighted by Gasteiger charge is 2.22. The molecule has 0 aliphatic carbocycles. The minimum Gasteiger partial charge on any atom is -0.366 e. The Kier molecular flexibility index (Phi) is 5.65. The summed E-state index contributed by atoms with van der Waals surface area (Å²) in [5.74, 6) is -1.24. The normalized spacial score (nSPS) is 10.9. The molecule has 3 rings (SSSR count). The molecular weight excluding hydrogens is 390 g/mol. The van der Waals surface area contributed by atoms with E-state index in [4.69, 9.17) is 5.73 Å². The average Bonchev–Trinajstić information content (AvgIpc) is 2.74. The number of hydrogen-bond donors (Lipinski definition) is 2. The number of carbonyl (C=O) groups is 2. The number of sulfonamides is 1. The quantitative estimate of drug-likeness (QED) is 0.652. The van der Waals surface area contributed by atoms with Crippen molar-refractivity contribution in [1.82, 2.24) is 0 Å². The molecule has 7 nitrogen and oxygen atoms in total. The molecule has 0 saturated carbocycles. The topological polar surface area (TPSA) is 110 Å². The number of para-hydroxylation sites is 2. The van der Waals surface area contributed by atoms with E-state index in [1.165, 1.54) is 37.4 Å². The van der Waals surface area contributed by atoms with Crippen LogP contribution in [0.1, 0.15) is 20.7 Å². The van der Waals surface area contributed by atoms with Gasteiger partial charge < -0.3 is 11.1 Å². The third-order valence-electron chi connectivity index (χ3n) is 4.32. The Morgan fingerprint density at radius 3 is 2.24 bits per heavy atom. The van der Waals surface area contributed by atoms with Gasteiger partial charge in [-0.25, -0.2) is 8.42 Å². The summed E-state index contributed by atoms with van der Waals surface area (Å²) in [6.45, 7) is 0. The molecule has 0 aliphatic rings. The molecule has 3 aromatic carbocycles. The van der Waals surface area contributed by atoms with Crippen LogP contribution in [-0.2, 0) is 10.0 Å². The minimum atomic E-state index is -3.86. The molecule has 0 saturated heterocycles. The van der Waals surface area contributed by atoms with E-state index in [-0.39, 0.29) is 21.7 Å². The van der Waals surface area contributed by atoms with Crippen LogP contribution in [-0.4, -0.2) is 27.3 Å². The molecule has 0 aromatic heterocycles. The number of anilines is 2. The summed E-state index contributed by atoms with van der Waals surface area (Å²) in [7, 11) is -2.42. The maximum absolute atomic E-state index is 12.9. The summed E-state index contributed by atoms with van der Waals surface area (Å²) in [5.41, 5.74) is 6.36. The molecule has 2 amide bonds. The van der Waals surface area contributed by atoms with Crippen LogP contribution in [0.5, 0.6) is 0 Å². The first-order valence-corrected chi connectivity index (χ1v) is 10.1. The van der Waals surface area contributed by atoms with Crippen LogP contribution in [0, 0.1) is 0 Å². The van der Waals surface area contributed by atoms with E-state index in [0.717, 1.165) is 4.31 Å². The van der Waals surface area contributed by atoms with Gasteiger partial charge in [-0.1, -0.05) is 36.4 Å². The van der Waals surface area contributed by atoms with Gasteiger partial charge in [0, 0.05) is 12.6 Å². The summed E-state index contributed by atoms with van der Waals surface area (Å²) in [4.78, 5) is 24.1. The van der Waals surface area contributed by atoms with Crippen LogP contribution < -0.4 is 15.4 Å². The fourth-order valence-corrected chi connectivity index (χ4v) is 3.98. The van der Waals surface area contributed by atoms with Crippen LogP contribution in [0.25, 0.3) is 0 Å². The monoisotopic (exact) mass is 409 g/mol. The highest BCUT2D eigenvalue weighted by molar-refractivity contribution is 7.92. The zero-order valence-corrected chi connectivity index (χ0v) is 16.4. The lowest BCUT2D eigenvalue weighted by atomic mass is 10.1. The Balaban J connectivity index is 1.90. The average molecular weight is 409 g/mol. The largest absolute Gasteiger partial charge is 0.366 e. The molecule has 0 fully saturated rings. The van der Waals surface area contributed by atoms with Gasteiger partial charge in [0.25, 0.3) is 21.8 Å². The van der Waals surface area contributed by atoms with Crippen molar-refractivity contribution in [2.24, 2.45) is 5.73 Å². The van der Waals surface area contributed by atoms with Gasteiger partial charge in [0.2, 0.25) is 0 Å². The van der Waals surface area contributed by atoms with Crippen molar-refractivity contribution < 1.29 is 18.0 Å². The second kappa shape index (κ2) is 8.15. The number of benzene rings is 3. The number of hydrogen-bond acceptors (Lipinski definition) is 4. The molecule has 29 heavy (non-hydrogen) atoms. The lowest BCUT2D eigenvalue weighted by molar-refractivity contribution is 0.100. The van der Waals surface area contributed by atoms with Gasteiger partial charge in [-0.05, 0) is 42.5 Å². The highest BCUT2D eigenvalue weighted by atomic mass is 32.2. The number of amides is 2. The van der Waals surface area contributed by atoms with E-state index in [0.29, 0.717) is 5.69 Å². The van der Waals surface area contributed by atoms with Gasteiger partial charge in [-0.3, -0.25) is 13.9 Å². The molecule has 3 N–H and O–H groups in total. The Hall–Kier alpha value is -3.65. The Bertz CT molecular complexity index is 1160. The minimum absolute atomic E-state index is 0.0281. The zero-order chi connectivity index (χ0) is 21.0. The number of nitrogens with zero attached hydrogens (tertiary/aromatic N) is 1. The SMILES string of the molecule is CN(c1ccccc1)S(=O)(=O)c1cccc(C(=O)Nc2ccccc2C(N)=O)c1. The van der Waals surface area contributed by atoms with E-state index in [1.807, 2.05) is 0 Å². The molecule has 0 aliphatic heterocycles. The van der Waals surface area contributed by atoms with E-state index in [9.17, 15) is 18.0 Å². The number of nitrogens with two attached hydrogens (primary N) is 1. The molecular formula is C21H19N3O4S. The van der Waals surface area contributed by atoms with E-state index in [1.54, 1.807) is 48.5 Å². The van der Waals surface area contributed by atoms with Crippen LogP contribution in [0.2, 0.25) is 0 Å². The predicted molar refractivity (Wildman–Crippen MR) is 111 cm³/mol. The molecule has 0 unspecified atom stereocenters. The van der Waals surface area contributed by atoms with Gasteiger partial charge in [0.1, 0.15) is 0 Å². The Morgan fingerprint density at radius 1 is 0.897 bits per heavy atom. The van der Waals surface area contributed by atoms with Gasteiger partial charge in [0.05, 0.1) is 21.8 Å². The van der Waals surface area contributed by atoms with E-state index >= 15 is 0 Å². The van der Waals surface area contributed by atoms with Crippen molar-refractivity contribution in [3.63, 3.8) is 0 Å². The first-order valence-electron chi connectivity index (χ1n) is 8.65. The fraction of sp³-hybridized carbons (Fsp3) is 0.0476. The van der Waals surface area contributed by atoms with Crippen molar-refractivity contribution in [3.05, 3.63) is 90.0 Å². The molecule has 8 heteroatoms. The van der Waals surface area contributed by atoms with Crippen molar-refractivity contribution in [1.29, 1.82) is 0 Å². The second-order valence-electron chi connectivity index (χ2n) is 6.20. The summed E-state index contributed by atoms with van der Waals surface area (Å²) in [5, 5.41) is 2.60.